The molecule has 0 saturated carbocycles. The molecule has 2 aromatic carbocycles. The van der Waals surface area contributed by atoms with Crippen molar-refractivity contribution in [1.29, 1.82) is 0 Å². The summed E-state index contributed by atoms with van der Waals surface area (Å²) in [6.45, 7) is 4.32. The highest BCUT2D eigenvalue weighted by molar-refractivity contribution is 9.10. The van der Waals surface area contributed by atoms with Crippen LogP contribution in [0, 0.1) is 0 Å². The van der Waals surface area contributed by atoms with Gasteiger partial charge in [0.05, 0.1) is 17.3 Å². The molecule has 0 unspecified atom stereocenters. The Kier molecular flexibility index (Phi) is 8.12. The van der Waals surface area contributed by atoms with Crippen LogP contribution in [0.25, 0.3) is 0 Å². The van der Waals surface area contributed by atoms with E-state index in [0.29, 0.717) is 18.1 Å². The van der Waals surface area contributed by atoms with Gasteiger partial charge in [0.25, 0.3) is 5.91 Å². The van der Waals surface area contributed by atoms with Crippen molar-refractivity contribution in [2.24, 2.45) is 5.10 Å². The number of amides is 1. The van der Waals surface area contributed by atoms with Crippen molar-refractivity contribution in [3.05, 3.63) is 57.0 Å². The lowest BCUT2D eigenvalue weighted by molar-refractivity contribution is -0.127. The zero-order valence-corrected chi connectivity index (χ0v) is 17.7. The standard InChI is InChI=1S/C19H20Br2N2O3/c1-3-10-25-17-9-8-15(20)11-14(17)12-22-23-19(24)13(2)26-18-7-5-4-6-16(18)21/h4-9,11-13H,3,10H2,1-2H3,(H,23,24)/b22-12-/t13-/m0/s1. The molecule has 0 bridgehead atoms. The Bertz CT molecular complexity index is 781. The number of halogens is 2. The maximum absolute atomic E-state index is 12.2. The van der Waals surface area contributed by atoms with Crippen molar-refractivity contribution < 1.29 is 14.3 Å². The maximum atomic E-state index is 12.2. The molecule has 5 nitrogen and oxygen atoms in total. The molecule has 7 heteroatoms. The summed E-state index contributed by atoms with van der Waals surface area (Å²) in [5, 5.41) is 4.02. The Hall–Kier alpha value is -1.86. The van der Waals surface area contributed by atoms with Crippen LogP contribution in [0.1, 0.15) is 25.8 Å². The molecule has 0 spiro atoms. The van der Waals surface area contributed by atoms with Gasteiger partial charge in [0, 0.05) is 10.0 Å². The first-order chi connectivity index (χ1) is 12.5. The first-order valence-corrected chi connectivity index (χ1v) is 9.76. The lowest BCUT2D eigenvalue weighted by Gasteiger charge is -2.14. The van der Waals surface area contributed by atoms with Gasteiger partial charge >= 0.3 is 0 Å². The van der Waals surface area contributed by atoms with Gasteiger partial charge in [0.15, 0.2) is 6.10 Å². The fourth-order valence-electron chi connectivity index (χ4n) is 2.00. The Morgan fingerprint density at radius 1 is 1.23 bits per heavy atom. The average molecular weight is 484 g/mol. The maximum Gasteiger partial charge on any atom is 0.280 e. The minimum Gasteiger partial charge on any atom is -0.493 e. The van der Waals surface area contributed by atoms with Crippen LogP contribution in [0.15, 0.2) is 56.5 Å². The highest BCUT2D eigenvalue weighted by Crippen LogP contribution is 2.25. The van der Waals surface area contributed by atoms with Crippen LogP contribution in [-0.4, -0.2) is 24.8 Å². The molecule has 1 N–H and O–H groups in total. The molecule has 138 valence electrons. The molecule has 0 fully saturated rings. The van der Waals surface area contributed by atoms with Gasteiger partial charge in [0.1, 0.15) is 11.5 Å². The zero-order chi connectivity index (χ0) is 18.9. The van der Waals surface area contributed by atoms with Crippen LogP contribution in [0.3, 0.4) is 0 Å². The summed E-state index contributed by atoms with van der Waals surface area (Å²) in [7, 11) is 0. The monoisotopic (exact) mass is 482 g/mol. The molecular formula is C19H20Br2N2O3. The van der Waals surface area contributed by atoms with Crippen molar-refractivity contribution in [2.45, 2.75) is 26.4 Å². The molecule has 0 aromatic heterocycles. The van der Waals surface area contributed by atoms with E-state index < -0.39 is 6.10 Å². The van der Waals surface area contributed by atoms with Crippen LogP contribution in [0.5, 0.6) is 11.5 Å². The van der Waals surface area contributed by atoms with E-state index >= 15 is 0 Å². The van der Waals surface area contributed by atoms with E-state index in [0.717, 1.165) is 20.9 Å². The molecule has 26 heavy (non-hydrogen) atoms. The number of hydrazone groups is 1. The van der Waals surface area contributed by atoms with E-state index in [4.69, 9.17) is 9.47 Å². The fraction of sp³-hybridized carbons (Fsp3) is 0.263. The zero-order valence-electron chi connectivity index (χ0n) is 14.5. The van der Waals surface area contributed by atoms with Crippen LogP contribution in [-0.2, 0) is 4.79 Å². The van der Waals surface area contributed by atoms with Crippen molar-refractivity contribution in [3.63, 3.8) is 0 Å². The van der Waals surface area contributed by atoms with E-state index in [-0.39, 0.29) is 5.91 Å². The molecule has 2 rings (SSSR count). The van der Waals surface area contributed by atoms with Gasteiger partial charge in [0.2, 0.25) is 0 Å². The normalized spacial score (nSPS) is 12.0. The number of ether oxygens (including phenoxy) is 2. The van der Waals surface area contributed by atoms with E-state index in [2.05, 4.69) is 42.4 Å². The Morgan fingerprint density at radius 2 is 2.00 bits per heavy atom. The molecular weight excluding hydrogens is 464 g/mol. The predicted octanol–water partition coefficient (Wildman–Crippen LogP) is 4.92. The summed E-state index contributed by atoms with van der Waals surface area (Å²) in [6.07, 6.45) is 1.77. The number of rotatable bonds is 8. The van der Waals surface area contributed by atoms with Gasteiger partial charge in [-0.3, -0.25) is 4.79 Å². The molecule has 0 radical (unpaired) electrons. The summed E-state index contributed by atoms with van der Waals surface area (Å²) < 4.78 is 13.0. The van der Waals surface area contributed by atoms with Crippen molar-refractivity contribution in [1.82, 2.24) is 5.43 Å². The topological polar surface area (TPSA) is 59.9 Å². The third-order valence-electron chi connectivity index (χ3n) is 3.32. The smallest absolute Gasteiger partial charge is 0.280 e. The van der Waals surface area contributed by atoms with Gasteiger partial charge in [-0.05, 0) is 59.6 Å². The van der Waals surface area contributed by atoms with Gasteiger partial charge in [-0.25, -0.2) is 5.43 Å². The summed E-state index contributed by atoms with van der Waals surface area (Å²) in [6, 6.07) is 13.0. The van der Waals surface area contributed by atoms with E-state index in [9.17, 15) is 4.79 Å². The highest BCUT2D eigenvalue weighted by Gasteiger charge is 2.15. The summed E-state index contributed by atoms with van der Waals surface area (Å²) >= 11 is 6.81. The van der Waals surface area contributed by atoms with Crippen molar-refractivity contribution in [3.8, 4) is 11.5 Å². The molecule has 0 aliphatic heterocycles. The molecule has 1 amide bonds. The number of hydrogen-bond donors (Lipinski definition) is 1. The summed E-state index contributed by atoms with van der Waals surface area (Å²) in [5.74, 6) is 0.968. The molecule has 0 aliphatic rings. The van der Waals surface area contributed by atoms with Crippen molar-refractivity contribution >= 4 is 44.0 Å². The SMILES string of the molecule is CCCOc1ccc(Br)cc1/C=N\NC(=O)[C@H](C)Oc1ccccc1Br. The van der Waals surface area contributed by atoms with Gasteiger partial charge < -0.3 is 9.47 Å². The number of nitrogens with zero attached hydrogens (tertiary/aromatic N) is 1. The Labute approximate surface area is 170 Å². The molecule has 0 saturated heterocycles. The lowest BCUT2D eigenvalue weighted by atomic mass is 10.2. The summed E-state index contributed by atoms with van der Waals surface area (Å²) in [4.78, 5) is 12.2. The number of para-hydroxylation sites is 1. The second-order valence-corrected chi connectivity index (χ2v) is 7.23. The van der Waals surface area contributed by atoms with E-state index in [1.165, 1.54) is 0 Å². The fourth-order valence-corrected chi connectivity index (χ4v) is 2.76. The predicted molar refractivity (Wildman–Crippen MR) is 110 cm³/mol. The first kappa shape index (κ1) is 20.5. The molecule has 2 aromatic rings. The average Bonchev–Trinajstić information content (AvgIpc) is 2.62. The van der Waals surface area contributed by atoms with Crippen molar-refractivity contribution in [2.75, 3.05) is 6.61 Å². The first-order valence-electron chi connectivity index (χ1n) is 8.17. The second-order valence-electron chi connectivity index (χ2n) is 5.46. The highest BCUT2D eigenvalue weighted by atomic mass is 79.9. The Balaban J connectivity index is 1.98. The number of carbonyl (C=O) groups excluding carboxylic acids is 1. The van der Waals surface area contributed by atoms with Gasteiger partial charge in [-0.15, -0.1) is 0 Å². The third kappa shape index (κ3) is 6.14. The second kappa shape index (κ2) is 10.3. The van der Waals surface area contributed by atoms with E-state index in [1.54, 1.807) is 19.2 Å². The number of benzene rings is 2. The largest absolute Gasteiger partial charge is 0.493 e. The number of hydrogen-bond acceptors (Lipinski definition) is 4. The van der Waals surface area contributed by atoms with E-state index in [1.807, 2.05) is 43.3 Å². The number of nitrogens with one attached hydrogen (secondary N) is 1. The lowest BCUT2D eigenvalue weighted by Crippen LogP contribution is -2.33. The number of carbonyl (C=O) groups is 1. The van der Waals surface area contributed by atoms with Gasteiger partial charge in [-0.1, -0.05) is 35.0 Å². The third-order valence-corrected chi connectivity index (χ3v) is 4.47. The molecule has 0 aliphatic carbocycles. The minimum absolute atomic E-state index is 0.344. The van der Waals surface area contributed by atoms with Crippen LogP contribution >= 0.6 is 31.9 Å². The minimum atomic E-state index is -0.691. The quantitative estimate of drug-likeness (QED) is 0.428. The molecule has 0 heterocycles. The summed E-state index contributed by atoms with van der Waals surface area (Å²) in [5.41, 5.74) is 3.26. The molecule has 1 atom stereocenters. The van der Waals surface area contributed by atoms with Crippen LogP contribution in [0.2, 0.25) is 0 Å². The van der Waals surface area contributed by atoms with Crippen LogP contribution < -0.4 is 14.9 Å². The van der Waals surface area contributed by atoms with Crippen LogP contribution in [0.4, 0.5) is 0 Å². The Morgan fingerprint density at radius 3 is 2.73 bits per heavy atom. The van der Waals surface area contributed by atoms with Gasteiger partial charge in [-0.2, -0.15) is 5.10 Å².